The molecule has 7 nitrogen and oxygen atoms in total. The molecule has 0 radical (unpaired) electrons. The molecule has 0 saturated heterocycles. The number of nitro groups is 1. The van der Waals surface area contributed by atoms with E-state index < -0.39 is 10.8 Å². The molecule has 2 rings (SSSR count). The number of hydrogen-bond acceptors (Lipinski definition) is 5. The third-order valence-corrected chi connectivity index (χ3v) is 2.30. The molecule has 0 atom stereocenters. The number of carbonyl (C=O) groups is 1. The summed E-state index contributed by atoms with van der Waals surface area (Å²) in [6.07, 6.45) is 2.48. The number of non-ortho nitro benzene ring substituents is 1. The highest BCUT2D eigenvalue weighted by Crippen LogP contribution is 2.18. The van der Waals surface area contributed by atoms with Crippen LogP contribution in [-0.4, -0.2) is 20.9 Å². The van der Waals surface area contributed by atoms with Gasteiger partial charge in [0.05, 0.1) is 16.7 Å². The van der Waals surface area contributed by atoms with Crippen molar-refractivity contribution in [1.82, 2.24) is 4.98 Å². The summed E-state index contributed by atoms with van der Waals surface area (Å²) in [6.45, 7) is 0. The van der Waals surface area contributed by atoms with Crippen LogP contribution in [0.25, 0.3) is 0 Å². The molecule has 0 bridgehead atoms. The number of pyridine rings is 1. The monoisotopic (exact) mass is 259 g/mol. The van der Waals surface area contributed by atoms with Crippen molar-refractivity contribution in [2.45, 2.75) is 0 Å². The van der Waals surface area contributed by atoms with Crippen LogP contribution in [-0.2, 0) is 0 Å². The Kier molecular flexibility index (Phi) is 3.37. The molecule has 0 fully saturated rings. The Bertz CT molecular complexity index is 642. The van der Waals surface area contributed by atoms with Gasteiger partial charge in [-0.15, -0.1) is 0 Å². The Labute approximate surface area is 107 Å². The first-order valence-electron chi connectivity index (χ1n) is 5.26. The third kappa shape index (κ3) is 3.03. The Morgan fingerprint density at radius 2 is 2.11 bits per heavy atom. The number of aromatic nitrogens is 1. The summed E-state index contributed by atoms with van der Waals surface area (Å²) in [5, 5.41) is 22.3. The Hall–Kier alpha value is -2.96. The molecule has 0 aliphatic carbocycles. The lowest BCUT2D eigenvalue weighted by Gasteiger charge is -2.04. The van der Waals surface area contributed by atoms with Crippen LogP contribution in [0.15, 0.2) is 42.7 Å². The first-order chi connectivity index (χ1) is 9.06. The lowest BCUT2D eigenvalue weighted by atomic mass is 10.2. The summed E-state index contributed by atoms with van der Waals surface area (Å²) in [4.78, 5) is 25.5. The Balaban J connectivity index is 2.19. The Morgan fingerprint density at radius 1 is 1.32 bits per heavy atom. The molecule has 0 aliphatic rings. The molecule has 0 unspecified atom stereocenters. The first-order valence-corrected chi connectivity index (χ1v) is 5.26. The summed E-state index contributed by atoms with van der Waals surface area (Å²) >= 11 is 0. The summed E-state index contributed by atoms with van der Waals surface area (Å²) in [6, 6.07) is 6.81. The molecule has 0 spiro atoms. The van der Waals surface area contributed by atoms with Crippen molar-refractivity contribution in [1.29, 1.82) is 0 Å². The predicted molar refractivity (Wildman–Crippen MR) is 67.0 cm³/mol. The number of aromatic hydroxyl groups is 1. The minimum absolute atomic E-state index is 0.119. The highest BCUT2D eigenvalue weighted by atomic mass is 16.6. The number of carbonyl (C=O) groups excluding carboxylic acids is 1. The molecule has 1 aromatic carbocycles. The molecule has 96 valence electrons. The second kappa shape index (κ2) is 5.13. The molecule has 2 N–H and O–H groups in total. The molecule has 19 heavy (non-hydrogen) atoms. The average molecular weight is 259 g/mol. The number of nitrogens with zero attached hydrogens (tertiary/aromatic N) is 2. The van der Waals surface area contributed by atoms with Crippen LogP contribution in [0.1, 0.15) is 10.4 Å². The van der Waals surface area contributed by atoms with Gasteiger partial charge in [0.1, 0.15) is 5.75 Å². The zero-order valence-corrected chi connectivity index (χ0v) is 9.61. The van der Waals surface area contributed by atoms with Crippen molar-refractivity contribution < 1.29 is 14.8 Å². The molecular formula is C12H9N3O4. The number of nitrogens with one attached hydrogen (secondary N) is 1. The van der Waals surface area contributed by atoms with Crippen molar-refractivity contribution in [2.75, 3.05) is 5.32 Å². The van der Waals surface area contributed by atoms with Gasteiger partial charge in [-0.1, -0.05) is 6.07 Å². The van der Waals surface area contributed by atoms with Gasteiger partial charge < -0.3 is 10.4 Å². The van der Waals surface area contributed by atoms with Crippen LogP contribution in [0.5, 0.6) is 5.75 Å². The van der Waals surface area contributed by atoms with Crippen LogP contribution in [0.3, 0.4) is 0 Å². The highest BCUT2D eigenvalue weighted by molar-refractivity contribution is 6.04. The van der Waals surface area contributed by atoms with Crippen molar-refractivity contribution in [3.05, 3.63) is 58.4 Å². The number of benzene rings is 1. The minimum Gasteiger partial charge on any atom is -0.506 e. The fourth-order valence-corrected chi connectivity index (χ4v) is 1.45. The first kappa shape index (κ1) is 12.5. The number of anilines is 1. The molecule has 0 saturated carbocycles. The maximum absolute atomic E-state index is 11.8. The van der Waals surface area contributed by atoms with E-state index in [0.717, 1.165) is 0 Å². The van der Waals surface area contributed by atoms with Crippen molar-refractivity contribution in [2.24, 2.45) is 0 Å². The summed E-state index contributed by atoms with van der Waals surface area (Å²) in [5.41, 5.74) is 0.334. The second-order valence-electron chi connectivity index (χ2n) is 3.69. The highest BCUT2D eigenvalue weighted by Gasteiger charge is 2.10. The fraction of sp³-hybridized carbons (Fsp3) is 0. The normalized spacial score (nSPS) is 9.89. The van der Waals surface area contributed by atoms with E-state index in [4.69, 9.17) is 0 Å². The Morgan fingerprint density at radius 3 is 2.79 bits per heavy atom. The maximum atomic E-state index is 11.8. The number of rotatable bonds is 3. The summed E-state index contributed by atoms with van der Waals surface area (Å²) < 4.78 is 0. The van der Waals surface area contributed by atoms with Crippen molar-refractivity contribution >= 4 is 17.3 Å². The van der Waals surface area contributed by atoms with Gasteiger partial charge in [0.25, 0.3) is 11.6 Å². The third-order valence-electron chi connectivity index (χ3n) is 2.30. The molecule has 1 amide bonds. The molecule has 1 heterocycles. The van der Waals surface area contributed by atoms with Crippen LogP contribution in [0.4, 0.5) is 11.4 Å². The van der Waals surface area contributed by atoms with Crippen molar-refractivity contribution in [3.63, 3.8) is 0 Å². The van der Waals surface area contributed by atoms with Crippen molar-refractivity contribution in [3.8, 4) is 5.75 Å². The van der Waals surface area contributed by atoms with Gasteiger partial charge in [-0.05, 0) is 12.1 Å². The van der Waals surface area contributed by atoms with E-state index in [-0.39, 0.29) is 17.0 Å². The fourth-order valence-electron chi connectivity index (χ4n) is 1.45. The van der Waals surface area contributed by atoms with Gasteiger partial charge >= 0.3 is 0 Å². The molecule has 0 aliphatic heterocycles. The topological polar surface area (TPSA) is 105 Å². The second-order valence-corrected chi connectivity index (χ2v) is 3.69. The lowest BCUT2D eigenvalue weighted by Crippen LogP contribution is -2.12. The number of hydrogen-bond donors (Lipinski definition) is 2. The average Bonchev–Trinajstić information content (AvgIpc) is 2.39. The summed E-state index contributed by atoms with van der Waals surface area (Å²) in [5.74, 6) is -0.643. The van der Waals surface area contributed by atoms with Gasteiger partial charge in [0.15, 0.2) is 0 Å². The van der Waals surface area contributed by atoms with E-state index in [2.05, 4.69) is 10.3 Å². The smallest absolute Gasteiger partial charge is 0.271 e. The standard InChI is InChI=1S/C12H9N3O4/c16-11-4-8(6-13-7-11)12(17)14-9-2-1-3-10(5-9)15(18)19/h1-7,16H,(H,14,17). The van der Waals surface area contributed by atoms with Gasteiger partial charge in [0.2, 0.25) is 0 Å². The predicted octanol–water partition coefficient (Wildman–Crippen LogP) is 1.95. The number of amides is 1. The summed E-state index contributed by atoms with van der Waals surface area (Å²) in [7, 11) is 0. The molecule has 2 aromatic rings. The van der Waals surface area contributed by atoms with Gasteiger partial charge in [-0.25, -0.2) is 0 Å². The van der Waals surface area contributed by atoms with Crippen LogP contribution in [0.2, 0.25) is 0 Å². The van der Waals surface area contributed by atoms with Gasteiger partial charge in [-0.3, -0.25) is 19.9 Å². The van der Waals surface area contributed by atoms with E-state index in [1.807, 2.05) is 0 Å². The van der Waals surface area contributed by atoms with E-state index >= 15 is 0 Å². The SMILES string of the molecule is O=C(Nc1cccc([N+](=O)[O-])c1)c1cncc(O)c1. The molecule has 1 aromatic heterocycles. The van der Waals surface area contributed by atoms with Crippen LogP contribution >= 0.6 is 0 Å². The van der Waals surface area contributed by atoms with E-state index in [9.17, 15) is 20.0 Å². The van der Waals surface area contributed by atoms with E-state index in [1.165, 1.54) is 42.7 Å². The van der Waals surface area contributed by atoms with E-state index in [1.54, 1.807) is 0 Å². The largest absolute Gasteiger partial charge is 0.506 e. The number of nitro benzene ring substituents is 1. The lowest BCUT2D eigenvalue weighted by molar-refractivity contribution is -0.384. The van der Waals surface area contributed by atoms with Gasteiger partial charge in [-0.2, -0.15) is 0 Å². The minimum atomic E-state index is -0.550. The van der Waals surface area contributed by atoms with Crippen LogP contribution < -0.4 is 5.32 Å². The van der Waals surface area contributed by atoms with Gasteiger partial charge in [0, 0.05) is 24.0 Å². The maximum Gasteiger partial charge on any atom is 0.271 e. The van der Waals surface area contributed by atoms with E-state index in [0.29, 0.717) is 5.69 Å². The quantitative estimate of drug-likeness (QED) is 0.647. The zero-order chi connectivity index (χ0) is 13.8. The van der Waals surface area contributed by atoms with Crippen LogP contribution in [0, 0.1) is 10.1 Å². The zero-order valence-electron chi connectivity index (χ0n) is 9.61. The molecule has 7 heteroatoms. The molecular weight excluding hydrogens is 250 g/mol.